The third-order valence-corrected chi connectivity index (χ3v) is 4.45. The van der Waals surface area contributed by atoms with Gasteiger partial charge in [0.05, 0.1) is 11.4 Å². The van der Waals surface area contributed by atoms with Gasteiger partial charge >= 0.3 is 0 Å². The Morgan fingerprint density at radius 3 is 2.63 bits per heavy atom. The van der Waals surface area contributed by atoms with E-state index in [0.29, 0.717) is 11.3 Å². The Bertz CT molecular complexity index is 767. The summed E-state index contributed by atoms with van der Waals surface area (Å²) in [5, 5.41) is 4.42. The molecule has 0 aromatic carbocycles. The number of fused-ring (bicyclic) bond motifs is 1. The lowest BCUT2D eigenvalue weighted by Crippen LogP contribution is -2.18. The Morgan fingerprint density at radius 1 is 1.47 bits per heavy atom. The average Bonchev–Trinajstić information content (AvgIpc) is 2.73. The van der Waals surface area contributed by atoms with E-state index in [1.165, 1.54) is 6.26 Å². The minimum Gasteiger partial charge on any atom is -0.328 e. The molecule has 19 heavy (non-hydrogen) atoms. The molecule has 0 saturated heterocycles. The smallest absolute Gasteiger partial charge is 0.179 e. The fourth-order valence-corrected chi connectivity index (χ4v) is 3.76. The van der Waals surface area contributed by atoms with Crippen molar-refractivity contribution in [3.8, 4) is 0 Å². The number of aromatic amines is 1. The molecule has 6 nitrogen and oxygen atoms in total. The van der Waals surface area contributed by atoms with Crippen LogP contribution >= 0.6 is 12.2 Å². The first-order valence-corrected chi connectivity index (χ1v) is 8.56. The normalized spacial score (nSPS) is 14.1. The lowest BCUT2D eigenvalue weighted by atomic mass is 10.4. The highest BCUT2D eigenvalue weighted by molar-refractivity contribution is 7.90. The van der Waals surface area contributed by atoms with Gasteiger partial charge in [0.25, 0.3) is 0 Å². The number of rotatable bonds is 4. The number of hydrogen-bond acceptors (Lipinski definition) is 4. The van der Waals surface area contributed by atoms with Crippen LogP contribution in [0.1, 0.15) is 25.6 Å². The van der Waals surface area contributed by atoms with Gasteiger partial charge in [-0.25, -0.2) is 13.1 Å². The van der Waals surface area contributed by atoms with Gasteiger partial charge in [-0.2, -0.15) is 5.10 Å². The van der Waals surface area contributed by atoms with Crippen LogP contribution in [0.4, 0.5) is 0 Å². The molecule has 1 N–H and O–H groups in total. The van der Waals surface area contributed by atoms with Crippen molar-refractivity contribution >= 4 is 33.2 Å². The summed E-state index contributed by atoms with van der Waals surface area (Å²) >= 11 is 5.31. The summed E-state index contributed by atoms with van der Waals surface area (Å²) in [7, 11) is -3.06. The second-order valence-corrected chi connectivity index (χ2v) is 7.41. The van der Waals surface area contributed by atoms with Crippen LogP contribution in [0.25, 0.3) is 11.2 Å². The van der Waals surface area contributed by atoms with Crippen molar-refractivity contribution in [2.45, 2.75) is 33.4 Å². The molecule has 106 valence electrons. The van der Waals surface area contributed by atoms with Crippen molar-refractivity contribution in [3.63, 3.8) is 0 Å². The molecule has 1 unspecified atom stereocenters. The molecule has 2 heterocycles. The summed E-state index contributed by atoms with van der Waals surface area (Å²) in [6.45, 7) is 6.47. The van der Waals surface area contributed by atoms with Crippen LogP contribution in [0.2, 0.25) is 0 Å². The molecule has 0 radical (unpaired) electrons. The highest BCUT2D eigenvalue weighted by Gasteiger charge is 2.20. The zero-order valence-electron chi connectivity index (χ0n) is 11.5. The molecule has 2 aromatic rings. The predicted octanol–water partition coefficient (Wildman–Crippen LogP) is 1.83. The van der Waals surface area contributed by atoms with Gasteiger partial charge in [0.15, 0.2) is 10.4 Å². The minimum atomic E-state index is -3.06. The van der Waals surface area contributed by atoms with Crippen molar-refractivity contribution in [1.82, 2.24) is 19.3 Å². The monoisotopic (exact) mass is 302 g/mol. The van der Waals surface area contributed by atoms with Crippen molar-refractivity contribution in [2.75, 3.05) is 12.0 Å². The highest BCUT2D eigenvalue weighted by Crippen LogP contribution is 2.22. The van der Waals surface area contributed by atoms with Gasteiger partial charge in [0.1, 0.15) is 15.4 Å². The van der Waals surface area contributed by atoms with Crippen LogP contribution in [0.15, 0.2) is 0 Å². The molecule has 0 fully saturated rings. The molecule has 8 heteroatoms. The minimum absolute atomic E-state index is 0.0577. The van der Waals surface area contributed by atoms with E-state index in [1.807, 2.05) is 30.0 Å². The van der Waals surface area contributed by atoms with Crippen LogP contribution in [-0.2, 0) is 16.4 Å². The largest absolute Gasteiger partial charge is 0.328 e. The second kappa shape index (κ2) is 4.75. The first kappa shape index (κ1) is 14.3. The molecule has 2 aromatic heterocycles. The number of imidazole rings is 1. The van der Waals surface area contributed by atoms with Gasteiger partial charge in [0.2, 0.25) is 0 Å². The van der Waals surface area contributed by atoms with E-state index in [2.05, 4.69) is 10.1 Å². The zero-order valence-corrected chi connectivity index (χ0v) is 13.1. The summed E-state index contributed by atoms with van der Waals surface area (Å²) in [6.07, 6.45) is 1.24. The van der Waals surface area contributed by atoms with Gasteiger partial charge in [-0.05, 0) is 33.0 Å². The van der Waals surface area contributed by atoms with E-state index in [9.17, 15) is 8.42 Å². The van der Waals surface area contributed by atoms with Crippen molar-refractivity contribution in [3.05, 3.63) is 10.5 Å². The fourth-order valence-electron chi connectivity index (χ4n) is 2.37. The molecule has 0 spiro atoms. The van der Waals surface area contributed by atoms with E-state index < -0.39 is 9.84 Å². The molecule has 0 aliphatic rings. The van der Waals surface area contributed by atoms with Gasteiger partial charge in [-0.15, -0.1) is 0 Å². The van der Waals surface area contributed by atoms with Gasteiger partial charge < -0.3 is 4.98 Å². The summed E-state index contributed by atoms with van der Waals surface area (Å²) in [4.78, 5) is 3.12. The van der Waals surface area contributed by atoms with E-state index >= 15 is 0 Å². The maximum absolute atomic E-state index is 11.5. The number of nitrogens with one attached hydrogen (secondary N) is 1. The maximum Gasteiger partial charge on any atom is 0.179 e. The summed E-state index contributed by atoms with van der Waals surface area (Å²) < 4.78 is 27.1. The standard InChI is InChI=1S/C11H18N4O2S2/c1-5-14-10-9(8(3)13-14)12-11(18)15(10)7(2)6-19(4,16)17/h7H,5-6H2,1-4H3,(H,12,18). The summed E-state index contributed by atoms with van der Waals surface area (Å²) in [6, 6.07) is -0.224. The molecule has 0 bridgehead atoms. The van der Waals surface area contributed by atoms with E-state index in [-0.39, 0.29) is 11.8 Å². The molecule has 2 rings (SSSR count). The zero-order chi connectivity index (χ0) is 14.4. The van der Waals surface area contributed by atoms with E-state index in [0.717, 1.165) is 16.9 Å². The first-order valence-electron chi connectivity index (χ1n) is 6.10. The van der Waals surface area contributed by atoms with E-state index in [4.69, 9.17) is 12.2 Å². The number of H-pyrrole nitrogens is 1. The molecule has 0 saturated carbocycles. The van der Waals surface area contributed by atoms with Crippen LogP contribution in [0.3, 0.4) is 0 Å². The predicted molar refractivity (Wildman–Crippen MR) is 77.7 cm³/mol. The lowest BCUT2D eigenvalue weighted by molar-refractivity contribution is 0.551. The van der Waals surface area contributed by atoms with Crippen LogP contribution < -0.4 is 0 Å². The van der Waals surface area contributed by atoms with Crippen molar-refractivity contribution < 1.29 is 8.42 Å². The first-order chi connectivity index (χ1) is 8.74. The highest BCUT2D eigenvalue weighted by atomic mass is 32.2. The van der Waals surface area contributed by atoms with E-state index in [1.54, 1.807) is 0 Å². The van der Waals surface area contributed by atoms with Crippen molar-refractivity contribution in [1.29, 1.82) is 0 Å². The SMILES string of the molecule is CCn1nc(C)c2[nH]c(=S)n(C(C)CS(C)(=O)=O)c21. The van der Waals surface area contributed by atoms with Gasteiger partial charge in [-0.1, -0.05) is 0 Å². The Kier molecular flexibility index (Phi) is 3.57. The topological polar surface area (TPSA) is 72.7 Å². The quantitative estimate of drug-likeness (QED) is 0.875. The number of sulfone groups is 1. The number of aryl methyl sites for hydroxylation is 2. The fraction of sp³-hybridized carbons (Fsp3) is 0.636. The third kappa shape index (κ3) is 2.59. The van der Waals surface area contributed by atoms with Crippen molar-refractivity contribution in [2.24, 2.45) is 0 Å². The summed E-state index contributed by atoms with van der Waals surface area (Å²) in [5.41, 5.74) is 2.61. The Labute approximate surface area is 117 Å². The Hall–Kier alpha value is -1.15. The van der Waals surface area contributed by atoms with Crippen LogP contribution in [-0.4, -0.2) is 39.8 Å². The number of hydrogen-bond donors (Lipinski definition) is 1. The molecule has 0 aliphatic carbocycles. The number of aromatic nitrogens is 4. The van der Waals surface area contributed by atoms with Gasteiger partial charge in [0, 0.05) is 18.8 Å². The molecular weight excluding hydrogens is 284 g/mol. The molecule has 0 amide bonds. The Balaban J connectivity index is 2.65. The maximum atomic E-state index is 11.5. The lowest BCUT2D eigenvalue weighted by Gasteiger charge is -2.13. The average molecular weight is 302 g/mol. The molecular formula is C11H18N4O2S2. The van der Waals surface area contributed by atoms with Gasteiger partial charge in [-0.3, -0.25) is 4.57 Å². The van der Waals surface area contributed by atoms with Crippen LogP contribution in [0.5, 0.6) is 0 Å². The Morgan fingerprint density at radius 2 is 2.11 bits per heavy atom. The number of nitrogens with zero attached hydrogens (tertiary/aromatic N) is 3. The van der Waals surface area contributed by atoms with Crippen LogP contribution in [0, 0.1) is 11.7 Å². The second-order valence-electron chi connectivity index (χ2n) is 4.84. The molecule has 0 aliphatic heterocycles. The molecule has 1 atom stereocenters. The third-order valence-electron chi connectivity index (χ3n) is 3.06. The summed E-state index contributed by atoms with van der Waals surface area (Å²) in [5.74, 6) is 0.0577.